The summed E-state index contributed by atoms with van der Waals surface area (Å²) in [5, 5.41) is 21.6. The summed E-state index contributed by atoms with van der Waals surface area (Å²) < 4.78 is 5.27. The van der Waals surface area contributed by atoms with Crippen molar-refractivity contribution >= 4 is 11.9 Å². The Kier molecular flexibility index (Phi) is 5.71. The summed E-state index contributed by atoms with van der Waals surface area (Å²) >= 11 is 0. The van der Waals surface area contributed by atoms with Gasteiger partial charge in [0.2, 0.25) is 0 Å². The number of carbonyl (C=O) groups excluding carboxylic acids is 1. The highest BCUT2D eigenvalue weighted by molar-refractivity contribution is 5.78. The zero-order valence-electron chi connectivity index (χ0n) is 23.6. The van der Waals surface area contributed by atoms with E-state index in [-0.39, 0.29) is 39.5 Å². The molecule has 0 amide bonds. The molecule has 0 heterocycles. The highest BCUT2D eigenvalue weighted by Gasteiger charge is 2.70. The summed E-state index contributed by atoms with van der Waals surface area (Å²) in [6, 6.07) is 0. The van der Waals surface area contributed by atoms with Crippen LogP contribution in [0.5, 0.6) is 0 Å². The van der Waals surface area contributed by atoms with Gasteiger partial charge in [0.15, 0.2) is 0 Å². The average Bonchev–Trinajstić information content (AvgIpc) is 2.81. The van der Waals surface area contributed by atoms with Crippen LogP contribution < -0.4 is 0 Å². The van der Waals surface area contributed by atoms with Crippen molar-refractivity contribution in [2.24, 2.45) is 50.2 Å². The highest BCUT2D eigenvalue weighted by Crippen LogP contribution is 2.75. The Hall–Kier alpha value is -1.36. The van der Waals surface area contributed by atoms with Crippen molar-refractivity contribution in [1.82, 2.24) is 0 Å². The van der Waals surface area contributed by atoms with E-state index >= 15 is 0 Å². The minimum absolute atomic E-state index is 0.0356. The lowest BCUT2D eigenvalue weighted by molar-refractivity contribution is -0.219. The van der Waals surface area contributed by atoms with Crippen molar-refractivity contribution in [2.45, 2.75) is 112 Å². The van der Waals surface area contributed by atoms with E-state index in [1.807, 2.05) is 6.92 Å². The van der Waals surface area contributed by atoms with E-state index < -0.39 is 22.9 Å². The fraction of sp³-hybridized carbons (Fsp3) is 0.871. The van der Waals surface area contributed by atoms with Gasteiger partial charge < -0.3 is 14.9 Å². The molecule has 0 spiro atoms. The van der Waals surface area contributed by atoms with Gasteiger partial charge in [-0.25, -0.2) is 0 Å². The van der Waals surface area contributed by atoms with Crippen molar-refractivity contribution in [1.29, 1.82) is 0 Å². The van der Waals surface area contributed by atoms with Gasteiger partial charge in [-0.1, -0.05) is 46.3 Å². The average molecular weight is 501 g/mol. The van der Waals surface area contributed by atoms with Crippen LogP contribution in [0.3, 0.4) is 0 Å². The van der Waals surface area contributed by atoms with E-state index in [2.05, 4.69) is 40.7 Å². The second-order valence-corrected chi connectivity index (χ2v) is 15.0. The van der Waals surface area contributed by atoms with E-state index in [4.69, 9.17) is 4.74 Å². The number of carboxylic acids is 1. The predicted molar refractivity (Wildman–Crippen MR) is 139 cm³/mol. The topological polar surface area (TPSA) is 83.8 Å². The maximum atomic E-state index is 13.1. The van der Waals surface area contributed by atoms with E-state index in [9.17, 15) is 19.8 Å². The molecule has 5 aliphatic carbocycles. The Morgan fingerprint density at radius 3 is 2.22 bits per heavy atom. The molecule has 0 unspecified atom stereocenters. The number of esters is 1. The Morgan fingerprint density at radius 1 is 0.917 bits per heavy atom. The van der Waals surface area contributed by atoms with E-state index in [1.54, 1.807) is 0 Å². The maximum Gasteiger partial charge on any atom is 0.314 e. The van der Waals surface area contributed by atoms with Crippen LogP contribution >= 0.6 is 0 Å². The van der Waals surface area contributed by atoms with E-state index in [1.165, 1.54) is 12.7 Å². The molecule has 0 aromatic carbocycles. The lowest BCUT2D eigenvalue weighted by Gasteiger charge is -2.70. The number of fused-ring (bicyclic) bond motifs is 7. The number of hydrogen-bond acceptors (Lipinski definition) is 4. The molecule has 0 aromatic heterocycles. The summed E-state index contributed by atoms with van der Waals surface area (Å²) in [5.74, 6) is -0.296. The molecule has 202 valence electrons. The zero-order chi connectivity index (χ0) is 26.5. The second-order valence-electron chi connectivity index (χ2n) is 15.0. The summed E-state index contributed by atoms with van der Waals surface area (Å²) in [4.78, 5) is 25.9. The fourth-order valence-corrected chi connectivity index (χ4v) is 10.8. The molecule has 5 aliphatic rings. The third-order valence-electron chi connectivity index (χ3n) is 13.3. The van der Waals surface area contributed by atoms with Gasteiger partial charge in [0.25, 0.3) is 0 Å². The largest absolute Gasteiger partial charge is 0.481 e. The second kappa shape index (κ2) is 7.83. The van der Waals surface area contributed by atoms with Crippen molar-refractivity contribution in [3.63, 3.8) is 0 Å². The van der Waals surface area contributed by atoms with Crippen molar-refractivity contribution in [2.75, 3.05) is 7.11 Å². The number of aliphatic hydroxyl groups excluding tert-OH is 1. The molecule has 36 heavy (non-hydrogen) atoms. The van der Waals surface area contributed by atoms with Crippen LogP contribution in [0.1, 0.15) is 106 Å². The van der Waals surface area contributed by atoms with Crippen molar-refractivity contribution in [3.8, 4) is 0 Å². The number of hydrogen-bond donors (Lipinski definition) is 2. The van der Waals surface area contributed by atoms with Crippen molar-refractivity contribution in [3.05, 3.63) is 11.6 Å². The molecule has 0 saturated heterocycles. The van der Waals surface area contributed by atoms with Crippen LogP contribution in [0.2, 0.25) is 0 Å². The Balaban J connectivity index is 1.60. The van der Waals surface area contributed by atoms with Crippen LogP contribution in [-0.2, 0) is 14.3 Å². The molecule has 0 aromatic rings. The summed E-state index contributed by atoms with van der Waals surface area (Å²) in [6.07, 6.45) is 10.6. The first kappa shape index (κ1) is 26.3. The Labute approximate surface area is 217 Å². The molecular formula is C31H48O5. The molecule has 4 saturated carbocycles. The summed E-state index contributed by atoms with van der Waals surface area (Å²) in [5.41, 5.74) is -0.00159. The Bertz CT molecular complexity index is 999. The van der Waals surface area contributed by atoms with Gasteiger partial charge in [-0.05, 0) is 111 Å². The van der Waals surface area contributed by atoms with Gasteiger partial charge in [-0.15, -0.1) is 0 Å². The van der Waals surface area contributed by atoms with Gasteiger partial charge in [0.05, 0.1) is 24.0 Å². The number of aliphatic carboxylic acids is 1. The SMILES string of the molecule is COC(=O)[C@@]1(C)[C@@H]2CC[C@]3(C)[C@H](CC=C4[C@@H]5CC(C)(C)CC[C@]5(C(=O)O)CC[C@]43C)[C@@]2(C)CC[C@@H]1O. The third kappa shape index (κ3) is 3.04. The molecule has 0 radical (unpaired) electrons. The fourth-order valence-electron chi connectivity index (χ4n) is 10.8. The molecule has 9 atom stereocenters. The zero-order valence-corrected chi connectivity index (χ0v) is 23.6. The first-order valence-corrected chi connectivity index (χ1v) is 14.3. The maximum absolute atomic E-state index is 13.1. The lowest BCUT2D eigenvalue weighted by atomic mass is 9.33. The van der Waals surface area contributed by atoms with E-state index in [0.717, 1.165) is 57.8 Å². The molecule has 0 bridgehead atoms. The first-order chi connectivity index (χ1) is 16.6. The summed E-state index contributed by atoms with van der Waals surface area (Å²) in [7, 11) is 1.44. The smallest absolute Gasteiger partial charge is 0.314 e. The molecule has 5 rings (SSSR count). The number of methoxy groups -OCH3 is 1. The molecule has 5 nitrogen and oxygen atoms in total. The number of carboxylic acid groups (broad SMARTS) is 1. The number of carbonyl (C=O) groups is 2. The molecule has 5 heteroatoms. The molecular weight excluding hydrogens is 452 g/mol. The normalized spacial score (nSPS) is 51.5. The van der Waals surface area contributed by atoms with Gasteiger partial charge in [-0.3, -0.25) is 9.59 Å². The van der Waals surface area contributed by atoms with Crippen LogP contribution in [0, 0.1) is 50.2 Å². The number of ether oxygens (including phenoxy) is 1. The quantitative estimate of drug-likeness (QED) is 0.339. The predicted octanol–water partition coefficient (Wildman–Crippen LogP) is 6.39. The van der Waals surface area contributed by atoms with Crippen molar-refractivity contribution < 1.29 is 24.5 Å². The minimum atomic E-state index is -0.883. The van der Waals surface area contributed by atoms with Gasteiger partial charge in [0.1, 0.15) is 0 Å². The van der Waals surface area contributed by atoms with Crippen LogP contribution in [0.15, 0.2) is 11.6 Å². The molecule has 2 N–H and O–H groups in total. The summed E-state index contributed by atoms with van der Waals surface area (Å²) in [6.45, 7) is 13.9. The number of allylic oxidation sites excluding steroid dienone is 2. The van der Waals surface area contributed by atoms with E-state index in [0.29, 0.717) is 12.3 Å². The lowest BCUT2D eigenvalue weighted by Crippen LogP contribution is -2.66. The molecule has 0 aliphatic heterocycles. The first-order valence-electron chi connectivity index (χ1n) is 14.3. The number of aliphatic hydroxyl groups is 1. The monoisotopic (exact) mass is 500 g/mol. The third-order valence-corrected chi connectivity index (χ3v) is 13.3. The minimum Gasteiger partial charge on any atom is -0.481 e. The van der Waals surface area contributed by atoms with Gasteiger partial charge in [0, 0.05) is 0 Å². The standard InChI is InChI=1S/C31H48O5/c1-26(2)14-16-31(24(33)34)17-15-28(4)19(20(31)18-26)8-9-21-27(3)12-11-23(32)30(6,25(35)36-7)22(27)10-13-29(21,28)5/h8,20-23,32H,9-18H2,1-7H3,(H,33,34)/t20-,21+,22+,23-,27+,28+,29+,30-,31-/m0/s1. The van der Waals surface area contributed by atoms with Crippen LogP contribution in [-0.4, -0.2) is 35.4 Å². The molecule has 4 fully saturated rings. The van der Waals surface area contributed by atoms with Crippen LogP contribution in [0.25, 0.3) is 0 Å². The Morgan fingerprint density at radius 2 is 1.58 bits per heavy atom. The number of rotatable bonds is 2. The highest BCUT2D eigenvalue weighted by atomic mass is 16.5. The van der Waals surface area contributed by atoms with Gasteiger partial charge in [-0.2, -0.15) is 0 Å². The van der Waals surface area contributed by atoms with Crippen LogP contribution in [0.4, 0.5) is 0 Å². The van der Waals surface area contributed by atoms with Gasteiger partial charge >= 0.3 is 11.9 Å².